The largest absolute Gasteiger partial charge is 0.393 e. The number of rotatable bonds is 7. The van der Waals surface area contributed by atoms with Gasteiger partial charge in [0.05, 0.1) is 22.3 Å². The van der Waals surface area contributed by atoms with Crippen LogP contribution in [0.25, 0.3) is 27.7 Å². The fourth-order valence-corrected chi connectivity index (χ4v) is 6.60. The molecule has 2 atom stereocenters. The molecule has 0 amide bonds. The van der Waals surface area contributed by atoms with Crippen molar-refractivity contribution >= 4 is 49.8 Å². The molecule has 1 saturated carbocycles. The van der Waals surface area contributed by atoms with Crippen LogP contribution in [-0.4, -0.2) is 50.2 Å². The first-order valence-corrected chi connectivity index (χ1v) is 14.5. The molecule has 12 heteroatoms. The van der Waals surface area contributed by atoms with E-state index in [0.29, 0.717) is 17.9 Å². The van der Waals surface area contributed by atoms with Crippen molar-refractivity contribution < 1.29 is 13.5 Å². The number of nitrogens with zero attached hydrogens (tertiary/aromatic N) is 5. The molecule has 0 aliphatic heterocycles. The predicted octanol–water partition coefficient (Wildman–Crippen LogP) is 4.68. The van der Waals surface area contributed by atoms with Crippen molar-refractivity contribution in [3.63, 3.8) is 0 Å². The van der Waals surface area contributed by atoms with Gasteiger partial charge in [0.25, 0.3) is 10.0 Å². The van der Waals surface area contributed by atoms with Crippen molar-refractivity contribution in [1.82, 2.24) is 24.6 Å². The van der Waals surface area contributed by atoms with E-state index in [0.717, 1.165) is 47.0 Å². The van der Waals surface area contributed by atoms with E-state index in [1.54, 1.807) is 28.9 Å². The van der Waals surface area contributed by atoms with E-state index in [-0.39, 0.29) is 27.9 Å². The Labute approximate surface area is 230 Å². The highest BCUT2D eigenvalue weighted by Gasteiger charge is 2.24. The molecule has 1 aliphatic carbocycles. The number of halogens is 1. The van der Waals surface area contributed by atoms with Crippen LogP contribution >= 0.6 is 11.6 Å². The zero-order chi connectivity index (χ0) is 27.1. The Kier molecular flexibility index (Phi) is 6.57. The van der Waals surface area contributed by atoms with Crippen LogP contribution in [0.1, 0.15) is 31.7 Å². The van der Waals surface area contributed by atoms with E-state index in [4.69, 9.17) is 16.6 Å². The summed E-state index contributed by atoms with van der Waals surface area (Å²) < 4.78 is 30.3. The number of hydrogen-bond donors (Lipinski definition) is 3. The molecule has 3 aromatic heterocycles. The van der Waals surface area contributed by atoms with E-state index >= 15 is 0 Å². The molecule has 39 heavy (non-hydrogen) atoms. The fourth-order valence-electron chi connectivity index (χ4n) is 5.05. The number of benzene rings is 2. The Balaban J connectivity index is 1.36. The zero-order valence-corrected chi connectivity index (χ0v) is 22.6. The normalized spacial score (nSPS) is 17.6. The molecule has 3 heterocycles. The summed E-state index contributed by atoms with van der Waals surface area (Å²) in [7, 11) is -3.97. The molecule has 0 bridgehead atoms. The minimum Gasteiger partial charge on any atom is -0.393 e. The monoisotopic (exact) mass is 563 g/mol. The second-order valence-corrected chi connectivity index (χ2v) is 11.6. The number of nitrogens with one attached hydrogen (secondary N) is 2. The number of sulfonamides is 1. The summed E-state index contributed by atoms with van der Waals surface area (Å²) in [6.07, 6.45) is 5.96. The van der Waals surface area contributed by atoms with E-state index in [9.17, 15) is 13.5 Å². The summed E-state index contributed by atoms with van der Waals surface area (Å²) in [6, 6.07) is 14.1. The minimum atomic E-state index is -3.97. The van der Waals surface area contributed by atoms with Crippen molar-refractivity contribution in [2.75, 3.05) is 10.0 Å². The fraction of sp³-hybridized carbons (Fsp3) is 0.259. The molecule has 0 saturated heterocycles. The van der Waals surface area contributed by atoms with Gasteiger partial charge in [-0.1, -0.05) is 30.7 Å². The maximum Gasteiger partial charge on any atom is 0.264 e. The molecule has 2 aromatic carbocycles. The number of aromatic nitrogens is 5. The lowest BCUT2D eigenvalue weighted by Crippen LogP contribution is -2.18. The topological polar surface area (TPSA) is 134 Å². The van der Waals surface area contributed by atoms with Gasteiger partial charge in [-0.2, -0.15) is 5.10 Å². The van der Waals surface area contributed by atoms with Crippen LogP contribution in [0.3, 0.4) is 0 Å². The van der Waals surface area contributed by atoms with Crippen molar-refractivity contribution in [1.29, 1.82) is 0 Å². The zero-order valence-electron chi connectivity index (χ0n) is 21.0. The standard InChI is InChI=1S/C27H26ClN7O3S/c1-2-16-11-17(12-18-14-29-27(33-25(16)18)32-19-7-8-20(36)13-19)22-9-10-23-26(30-15-31-35(22)23)34-39(37,38)24-6-4-3-5-21(24)28/h3-6,9-12,14-15,19-20,36H,2,7-8,13H2,1H3,(H,29,32,33)(H,30,31,34)/t19-,20-/m0/s1. The van der Waals surface area contributed by atoms with Crippen molar-refractivity contribution in [2.45, 2.75) is 49.6 Å². The Bertz CT molecular complexity index is 1810. The van der Waals surface area contributed by atoms with Gasteiger partial charge in [-0.3, -0.25) is 4.72 Å². The molecular weight excluding hydrogens is 538 g/mol. The molecule has 3 N–H and O–H groups in total. The predicted molar refractivity (Wildman–Crippen MR) is 150 cm³/mol. The third-order valence-corrected chi connectivity index (χ3v) is 8.82. The smallest absolute Gasteiger partial charge is 0.264 e. The lowest BCUT2D eigenvalue weighted by atomic mass is 10.0. The molecule has 200 valence electrons. The first kappa shape index (κ1) is 25.5. The van der Waals surface area contributed by atoms with Gasteiger partial charge >= 0.3 is 0 Å². The second-order valence-electron chi connectivity index (χ2n) is 9.59. The molecule has 0 radical (unpaired) electrons. The van der Waals surface area contributed by atoms with Crippen molar-refractivity contribution in [2.24, 2.45) is 0 Å². The van der Waals surface area contributed by atoms with Gasteiger partial charge in [0.15, 0.2) is 5.82 Å². The molecule has 1 aliphatic rings. The van der Waals surface area contributed by atoms with Crippen LogP contribution in [0.15, 0.2) is 66.0 Å². The molecule has 6 rings (SSSR count). The molecular formula is C27H26ClN7O3S. The Hall–Kier alpha value is -3.80. The Morgan fingerprint density at radius 1 is 1.13 bits per heavy atom. The van der Waals surface area contributed by atoms with E-state index < -0.39 is 10.0 Å². The van der Waals surface area contributed by atoms with Crippen molar-refractivity contribution in [3.8, 4) is 11.3 Å². The maximum atomic E-state index is 13.0. The number of anilines is 2. The lowest BCUT2D eigenvalue weighted by Gasteiger charge is -2.14. The first-order chi connectivity index (χ1) is 18.8. The number of aryl methyl sites for hydroxylation is 1. The summed E-state index contributed by atoms with van der Waals surface area (Å²) in [5.74, 6) is 0.698. The van der Waals surface area contributed by atoms with Crippen LogP contribution < -0.4 is 10.0 Å². The average Bonchev–Trinajstić information content (AvgIpc) is 3.54. The van der Waals surface area contributed by atoms with Crippen LogP contribution in [0, 0.1) is 0 Å². The van der Waals surface area contributed by atoms with Crippen LogP contribution in [-0.2, 0) is 16.4 Å². The van der Waals surface area contributed by atoms with E-state index in [2.05, 4.69) is 38.1 Å². The molecule has 1 fully saturated rings. The summed E-state index contributed by atoms with van der Waals surface area (Å²) >= 11 is 6.13. The van der Waals surface area contributed by atoms with Crippen LogP contribution in [0.2, 0.25) is 5.02 Å². The SMILES string of the molecule is CCc1cc(-c2ccc3c(NS(=O)(=O)c4ccccc4Cl)ncnn23)cc2cnc(N[C@H]3CC[C@H](O)C3)nc12. The van der Waals surface area contributed by atoms with Gasteiger partial charge in [0.1, 0.15) is 16.7 Å². The van der Waals surface area contributed by atoms with Gasteiger partial charge in [0, 0.05) is 23.2 Å². The van der Waals surface area contributed by atoms with Crippen LogP contribution in [0.5, 0.6) is 0 Å². The van der Waals surface area contributed by atoms with Gasteiger partial charge in [-0.05, 0) is 67.6 Å². The van der Waals surface area contributed by atoms with Crippen molar-refractivity contribution in [3.05, 3.63) is 71.6 Å². The Morgan fingerprint density at radius 2 is 1.97 bits per heavy atom. The second kappa shape index (κ2) is 10.1. The summed E-state index contributed by atoms with van der Waals surface area (Å²) in [5, 5.41) is 18.6. The molecule has 0 unspecified atom stereocenters. The maximum absolute atomic E-state index is 13.0. The highest BCUT2D eigenvalue weighted by molar-refractivity contribution is 7.92. The summed E-state index contributed by atoms with van der Waals surface area (Å²) in [5.41, 5.74) is 4.06. The van der Waals surface area contributed by atoms with E-state index in [1.807, 2.05) is 12.1 Å². The number of aliphatic hydroxyl groups excluding tert-OH is 1. The Morgan fingerprint density at radius 3 is 2.74 bits per heavy atom. The van der Waals surface area contributed by atoms with E-state index in [1.165, 1.54) is 18.5 Å². The third-order valence-electron chi connectivity index (χ3n) is 6.99. The molecule has 10 nitrogen and oxygen atoms in total. The quantitative estimate of drug-likeness (QED) is 0.260. The first-order valence-electron chi connectivity index (χ1n) is 12.7. The third kappa shape index (κ3) is 4.88. The van der Waals surface area contributed by atoms with Gasteiger partial charge in [0.2, 0.25) is 5.95 Å². The number of aliphatic hydroxyl groups is 1. The van der Waals surface area contributed by atoms with Gasteiger partial charge in [-0.25, -0.2) is 27.9 Å². The minimum absolute atomic E-state index is 0.0321. The highest BCUT2D eigenvalue weighted by Crippen LogP contribution is 2.31. The highest BCUT2D eigenvalue weighted by atomic mass is 35.5. The van der Waals surface area contributed by atoms with Gasteiger partial charge < -0.3 is 10.4 Å². The average molecular weight is 564 g/mol. The van der Waals surface area contributed by atoms with Gasteiger partial charge in [-0.15, -0.1) is 0 Å². The number of fused-ring (bicyclic) bond motifs is 2. The summed E-state index contributed by atoms with van der Waals surface area (Å²) in [4.78, 5) is 13.5. The van der Waals surface area contributed by atoms with Crippen LogP contribution in [0.4, 0.5) is 11.8 Å². The number of hydrogen-bond acceptors (Lipinski definition) is 8. The lowest BCUT2D eigenvalue weighted by molar-refractivity contribution is 0.182. The molecule has 5 aromatic rings. The molecule has 0 spiro atoms. The summed E-state index contributed by atoms with van der Waals surface area (Å²) in [6.45, 7) is 2.07.